The number of nitrogens with one attached hydrogen (secondary N) is 1. The molecular weight excluding hydrogens is 306 g/mol. The predicted molar refractivity (Wildman–Crippen MR) is 94.8 cm³/mol. The Kier molecular flexibility index (Phi) is 4.86. The lowest BCUT2D eigenvalue weighted by Crippen LogP contribution is -2.36. The molecule has 1 aliphatic heterocycles. The Morgan fingerprint density at radius 2 is 2.00 bits per heavy atom. The normalized spacial score (nSPS) is 14.3. The molecule has 0 bridgehead atoms. The smallest absolute Gasteiger partial charge is 0.255 e. The summed E-state index contributed by atoms with van der Waals surface area (Å²) in [6, 6.07) is 12.6. The molecular formula is C18H21N3O3. The molecule has 0 unspecified atom stereocenters. The highest BCUT2D eigenvalue weighted by Crippen LogP contribution is 2.27. The highest BCUT2D eigenvalue weighted by molar-refractivity contribution is 6.04. The minimum atomic E-state index is -0.201. The summed E-state index contributed by atoms with van der Waals surface area (Å²) >= 11 is 0. The van der Waals surface area contributed by atoms with Crippen molar-refractivity contribution < 1.29 is 14.3 Å². The van der Waals surface area contributed by atoms with Crippen LogP contribution in [0.25, 0.3) is 0 Å². The van der Waals surface area contributed by atoms with Crippen molar-refractivity contribution in [2.75, 3.05) is 49.4 Å². The second-order valence-electron chi connectivity index (χ2n) is 5.56. The second-order valence-corrected chi connectivity index (χ2v) is 5.56. The molecule has 0 saturated carbocycles. The molecule has 0 aliphatic carbocycles. The van der Waals surface area contributed by atoms with Crippen LogP contribution in [-0.4, -0.2) is 39.3 Å². The molecule has 0 spiro atoms. The van der Waals surface area contributed by atoms with Crippen molar-refractivity contribution in [3.8, 4) is 5.75 Å². The van der Waals surface area contributed by atoms with Crippen molar-refractivity contribution in [2.45, 2.75) is 0 Å². The van der Waals surface area contributed by atoms with Crippen LogP contribution < -0.4 is 20.7 Å². The van der Waals surface area contributed by atoms with E-state index in [-0.39, 0.29) is 5.91 Å². The second kappa shape index (κ2) is 7.23. The van der Waals surface area contributed by atoms with Crippen LogP contribution in [0.4, 0.5) is 17.1 Å². The summed E-state index contributed by atoms with van der Waals surface area (Å²) in [4.78, 5) is 14.5. The van der Waals surface area contributed by atoms with Crippen LogP contribution in [-0.2, 0) is 4.74 Å². The Balaban J connectivity index is 1.73. The lowest BCUT2D eigenvalue weighted by Gasteiger charge is -2.30. The first-order valence-electron chi connectivity index (χ1n) is 7.85. The number of ether oxygens (including phenoxy) is 2. The molecule has 0 aromatic heterocycles. The summed E-state index contributed by atoms with van der Waals surface area (Å²) in [7, 11) is 1.57. The molecule has 0 atom stereocenters. The van der Waals surface area contributed by atoms with Gasteiger partial charge in [0.15, 0.2) is 0 Å². The van der Waals surface area contributed by atoms with Crippen LogP contribution in [0.5, 0.6) is 5.75 Å². The van der Waals surface area contributed by atoms with Gasteiger partial charge in [-0.3, -0.25) is 4.79 Å². The van der Waals surface area contributed by atoms with Gasteiger partial charge in [-0.15, -0.1) is 0 Å². The molecule has 3 rings (SSSR count). The van der Waals surface area contributed by atoms with Gasteiger partial charge < -0.3 is 25.4 Å². The van der Waals surface area contributed by atoms with Gasteiger partial charge in [0.25, 0.3) is 5.91 Å². The number of morpholine rings is 1. The number of rotatable bonds is 4. The zero-order chi connectivity index (χ0) is 16.9. The number of nitrogens with zero attached hydrogens (tertiary/aromatic N) is 1. The van der Waals surface area contributed by atoms with Gasteiger partial charge in [-0.2, -0.15) is 0 Å². The Morgan fingerprint density at radius 3 is 2.71 bits per heavy atom. The molecule has 6 nitrogen and oxygen atoms in total. The number of amides is 1. The van der Waals surface area contributed by atoms with E-state index in [1.165, 1.54) is 0 Å². The minimum Gasteiger partial charge on any atom is -0.497 e. The van der Waals surface area contributed by atoms with Gasteiger partial charge in [-0.05, 0) is 36.4 Å². The van der Waals surface area contributed by atoms with Gasteiger partial charge in [0, 0.05) is 24.3 Å². The summed E-state index contributed by atoms with van der Waals surface area (Å²) in [6.07, 6.45) is 0. The van der Waals surface area contributed by atoms with Crippen LogP contribution in [0.15, 0.2) is 42.5 Å². The lowest BCUT2D eigenvalue weighted by atomic mass is 10.1. The van der Waals surface area contributed by atoms with Crippen molar-refractivity contribution in [1.82, 2.24) is 0 Å². The van der Waals surface area contributed by atoms with E-state index in [9.17, 15) is 4.79 Å². The van der Waals surface area contributed by atoms with Crippen molar-refractivity contribution in [3.05, 3.63) is 48.0 Å². The summed E-state index contributed by atoms with van der Waals surface area (Å²) < 4.78 is 10.5. The number of hydrogen-bond acceptors (Lipinski definition) is 5. The Labute approximate surface area is 141 Å². The van der Waals surface area contributed by atoms with E-state index in [1.54, 1.807) is 37.4 Å². The third kappa shape index (κ3) is 3.60. The van der Waals surface area contributed by atoms with E-state index >= 15 is 0 Å². The minimum absolute atomic E-state index is 0.201. The van der Waals surface area contributed by atoms with E-state index in [1.807, 2.05) is 12.1 Å². The monoisotopic (exact) mass is 327 g/mol. The molecule has 3 N–H and O–H groups in total. The van der Waals surface area contributed by atoms with E-state index in [0.717, 1.165) is 18.8 Å². The fraction of sp³-hybridized carbons (Fsp3) is 0.278. The molecule has 2 aromatic rings. The molecule has 24 heavy (non-hydrogen) atoms. The number of anilines is 3. The number of nitrogens with two attached hydrogens (primary N) is 1. The molecule has 1 aliphatic rings. The molecule has 1 heterocycles. The highest BCUT2D eigenvalue weighted by Gasteiger charge is 2.14. The van der Waals surface area contributed by atoms with Crippen LogP contribution in [0.3, 0.4) is 0 Å². The first-order chi connectivity index (χ1) is 11.7. The van der Waals surface area contributed by atoms with Crippen LogP contribution in [0.2, 0.25) is 0 Å². The fourth-order valence-corrected chi connectivity index (χ4v) is 2.69. The van der Waals surface area contributed by atoms with E-state index < -0.39 is 0 Å². The van der Waals surface area contributed by atoms with Crippen molar-refractivity contribution >= 4 is 23.0 Å². The fourth-order valence-electron chi connectivity index (χ4n) is 2.69. The number of hydrogen-bond donors (Lipinski definition) is 2. The summed E-state index contributed by atoms with van der Waals surface area (Å²) in [5.41, 5.74) is 8.96. The number of carbonyl (C=O) groups excluding carboxylic acids is 1. The van der Waals surface area contributed by atoms with Gasteiger partial charge in [-0.1, -0.05) is 6.07 Å². The molecule has 6 heteroatoms. The zero-order valence-corrected chi connectivity index (χ0v) is 13.6. The van der Waals surface area contributed by atoms with Crippen LogP contribution >= 0.6 is 0 Å². The van der Waals surface area contributed by atoms with Crippen molar-refractivity contribution in [1.29, 1.82) is 0 Å². The lowest BCUT2D eigenvalue weighted by molar-refractivity contribution is 0.102. The maximum absolute atomic E-state index is 12.3. The van der Waals surface area contributed by atoms with Gasteiger partial charge in [0.1, 0.15) is 5.75 Å². The van der Waals surface area contributed by atoms with Gasteiger partial charge >= 0.3 is 0 Å². The number of methoxy groups -OCH3 is 1. The van der Waals surface area contributed by atoms with Gasteiger partial charge in [0.05, 0.1) is 31.7 Å². The first kappa shape index (κ1) is 16.1. The van der Waals surface area contributed by atoms with Crippen molar-refractivity contribution in [2.24, 2.45) is 0 Å². The van der Waals surface area contributed by atoms with Crippen LogP contribution in [0, 0.1) is 0 Å². The molecule has 1 amide bonds. The molecule has 1 saturated heterocycles. The standard InChI is InChI=1S/C18H21N3O3/c1-23-15-4-2-3-13(11-15)18(22)20-14-5-6-17(16(19)12-14)21-7-9-24-10-8-21/h2-6,11-12H,7-10,19H2,1H3,(H,20,22). The van der Waals surface area contributed by atoms with Crippen molar-refractivity contribution in [3.63, 3.8) is 0 Å². The van der Waals surface area contributed by atoms with E-state index in [2.05, 4.69) is 10.2 Å². The third-order valence-electron chi connectivity index (χ3n) is 3.97. The quantitative estimate of drug-likeness (QED) is 0.843. The predicted octanol–water partition coefficient (Wildman–Crippen LogP) is 2.37. The zero-order valence-electron chi connectivity index (χ0n) is 13.6. The molecule has 0 radical (unpaired) electrons. The van der Waals surface area contributed by atoms with Gasteiger partial charge in [0.2, 0.25) is 0 Å². The maximum atomic E-state index is 12.3. The average molecular weight is 327 g/mol. The number of benzene rings is 2. The summed E-state index contributed by atoms with van der Waals surface area (Å²) in [5.74, 6) is 0.442. The Hall–Kier alpha value is -2.73. The largest absolute Gasteiger partial charge is 0.497 e. The van der Waals surface area contributed by atoms with Crippen LogP contribution in [0.1, 0.15) is 10.4 Å². The first-order valence-corrected chi connectivity index (χ1v) is 7.85. The van der Waals surface area contributed by atoms with Gasteiger partial charge in [-0.25, -0.2) is 0 Å². The SMILES string of the molecule is COc1cccc(C(=O)Nc2ccc(N3CCOCC3)c(N)c2)c1. The summed E-state index contributed by atoms with van der Waals surface area (Å²) in [6.45, 7) is 3.04. The maximum Gasteiger partial charge on any atom is 0.255 e. The van der Waals surface area contributed by atoms with E-state index in [0.29, 0.717) is 35.9 Å². The average Bonchev–Trinajstić information content (AvgIpc) is 2.62. The molecule has 2 aromatic carbocycles. The number of carbonyl (C=O) groups is 1. The Morgan fingerprint density at radius 1 is 1.21 bits per heavy atom. The Bertz CT molecular complexity index is 727. The topological polar surface area (TPSA) is 76.8 Å². The molecule has 126 valence electrons. The third-order valence-corrected chi connectivity index (χ3v) is 3.97. The number of nitrogen functional groups attached to an aromatic ring is 1. The molecule has 1 fully saturated rings. The summed E-state index contributed by atoms with van der Waals surface area (Å²) in [5, 5.41) is 2.86. The van der Waals surface area contributed by atoms with E-state index in [4.69, 9.17) is 15.2 Å². The highest BCUT2D eigenvalue weighted by atomic mass is 16.5.